The molecule has 78 valence electrons. The van der Waals surface area contributed by atoms with Gasteiger partial charge in [0.2, 0.25) is 5.91 Å². The van der Waals surface area contributed by atoms with Crippen molar-refractivity contribution in [3.8, 4) is 0 Å². The van der Waals surface area contributed by atoms with Gasteiger partial charge in [0.1, 0.15) is 11.1 Å². The highest BCUT2D eigenvalue weighted by molar-refractivity contribution is 7.80. The summed E-state index contributed by atoms with van der Waals surface area (Å²) < 4.78 is 5.36. The van der Waals surface area contributed by atoms with Crippen LogP contribution in [0.5, 0.6) is 0 Å². The maximum Gasteiger partial charge on any atom is 0.225 e. The Balaban J connectivity index is 1.92. The van der Waals surface area contributed by atoms with Crippen LogP contribution in [0.2, 0.25) is 0 Å². The molecular formula is C9H14N2O2S. The van der Waals surface area contributed by atoms with Gasteiger partial charge in [-0.1, -0.05) is 12.2 Å². The van der Waals surface area contributed by atoms with Gasteiger partial charge in [0.15, 0.2) is 0 Å². The Morgan fingerprint density at radius 3 is 2.79 bits per heavy atom. The van der Waals surface area contributed by atoms with Crippen LogP contribution in [0.4, 0.5) is 0 Å². The highest BCUT2D eigenvalue weighted by Gasteiger charge is 2.35. The maximum atomic E-state index is 11.7. The van der Waals surface area contributed by atoms with Crippen molar-refractivity contribution in [2.24, 2.45) is 11.7 Å². The second-order valence-corrected chi connectivity index (χ2v) is 4.29. The van der Waals surface area contributed by atoms with Gasteiger partial charge in [0, 0.05) is 12.5 Å². The SMILES string of the molecule is NC(=S)C1CN(C(=O)C2CC2)CCO1. The Hall–Kier alpha value is -0.680. The number of nitrogens with two attached hydrogens (primary N) is 1. The minimum Gasteiger partial charge on any atom is -0.391 e. The third-order valence-electron chi connectivity index (χ3n) is 2.62. The van der Waals surface area contributed by atoms with Gasteiger partial charge in [0.05, 0.1) is 13.2 Å². The second kappa shape index (κ2) is 3.82. The summed E-state index contributed by atoms with van der Waals surface area (Å²) in [6, 6.07) is 0. The molecule has 2 aliphatic rings. The third-order valence-corrected chi connectivity index (χ3v) is 2.88. The minimum absolute atomic E-state index is 0.245. The number of ether oxygens (including phenoxy) is 1. The number of rotatable bonds is 2. The zero-order valence-electron chi connectivity index (χ0n) is 7.94. The molecule has 1 heterocycles. The predicted molar refractivity (Wildman–Crippen MR) is 55.8 cm³/mol. The average molecular weight is 214 g/mol. The van der Waals surface area contributed by atoms with Crippen LogP contribution in [-0.4, -0.2) is 41.6 Å². The lowest BCUT2D eigenvalue weighted by Crippen LogP contribution is -2.50. The largest absolute Gasteiger partial charge is 0.391 e. The van der Waals surface area contributed by atoms with E-state index in [1.165, 1.54) is 0 Å². The van der Waals surface area contributed by atoms with E-state index in [1.807, 2.05) is 4.90 Å². The summed E-state index contributed by atoms with van der Waals surface area (Å²) in [5, 5.41) is 0. The molecule has 1 aliphatic carbocycles. The lowest BCUT2D eigenvalue weighted by Gasteiger charge is -2.32. The van der Waals surface area contributed by atoms with Crippen molar-refractivity contribution in [1.29, 1.82) is 0 Å². The zero-order valence-corrected chi connectivity index (χ0v) is 8.76. The quantitative estimate of drug-likeness (QED) is 0.653. The van der Waals surface area contributed by atoms with E-state index in [9.17, 15) is 4.79 Å². The first kappa shape index (κ1) is 9.86. The fraction of sp³-hybridized carbons (Fsp3) is 0.778. The van der Waals surface area contributed by atoms with E-state index in [2.05, 4.69) is 0 Å². The van der Waals surface area contributed by atoms with Crippen molar-refractivity contribution in [2.45, 2.75) is 18.9 Å². The van der Waals surface area contributed by atoms with E-state index in [1.54, 1.807) is 0 Å². The van der Waals surface area contributed by atoms with Crippen molar-refractivity contribution in [3.05, 3.63) is 0 Å². The van der Waals surface area contributed by atoms with Gasteiger partial charge in [-0.25, -0.2) is 0 Å². The van der Waals surface area contributed by atoms with Crippen molar-refractivity contribution >= 4 is 23.1 Å². The molecule has 1 saturated heterocycles. The molecule has 0 spiro atoms. The molecule has 2 rings (SSSR count). The highest BCUT2D eigenvalue weighted by atomic mass is 32.1. The van der Waals surface area contributed by atoms with Gasteiger partial charge in [-0.2, -0.15) is 0 Å². The van der Waals surface area contributed by atoms with Crippen LogP contribution in [0.1, 0.15) is 12.8 Å². The number of carbonyl (C=O) groups excluding carboxylic acids is 1. The molecule has 1 saturated carbocycles. The zero-order chi connectivity index (χ0) is 10.1. The monoisotopic (exact) mass is 214 g/mol. The summed E-state index contributed by atoms with van der Waals surface area (Å²) in [5.41, 5.74) is 5.49. The Labute approximate surface area is 88.4 Å². The molecule has 0 aromatic rings. The van der Waals surface area contributed by atoms with Crippen molar-refractivity contribution in [2.75, 3.05) is 19.7 Å². The first-order valence-corrected chi connectivity index (χ1v) is 5.29. The van der Waals surface area contributed by atoms with Crippen LogP contribution >= 0.6 is 12.2 Å². The number of hydrogen-bond acceptors (Lipinski definition) is 3. The average Bonchev–Trinajstić information content (AvgIpc) is 3.00. The maximum absolute atomic E-state index is 11.7. The molecule has 1 unspecified atom stereocenters. The van der Waals surface area contributed by atoms with Gasteiger partial charge >= 0.3 is 0 Å². The number of morpholine rings is 1. The summed E-state index contributed by atoms with van der Waals surface area (Å²) in [6.07, 6.45) is 1.82. The summed E-state index contributed by atoms with van der Waals surface area (Å²) in [4.78, 5) is 13.9. The molecule has 2 N–H and O–H groups in total. The predicted octanol–water partition coefficient (Wildman–Crippen LogP) is -0.0901. The summed E-state index contributed by atoms with van der Waals surface area (Å²) in [7, 11) is 0. The smallest absolute Gasteiger partial charge is 0.225 e. The Morgan fingerprint density at radius 2 is 2.21 bits per heavy atom. The van der Waals surface area contributed by atoms with Crippen molar-refractivity contribution < 1.29 is 9.53 Å². The molecule has 1 atom stereocenters. The van der Waals surface area contributed by atoms with Gasteiger partial charge in [-0.15, -0.1) is 0 Å². The molecule has 2 fully saturated rings. The summed E-state index contributed by atoms with van der Waals surface area (Å²) >= 11 is 4.85. The fourth-order valence-corrected chi connectivity index (χ4v) is 1.75. The Bertz CT molecular complexity index is 266. The van der Waals surface area contributed by atoms with Crippen LogP contribution < -0.4 is 5.73 Å². The van der Waals surface area contributed by atoms with Crippen LogP contribution in [0.25, 0.3) is 0 Å². The Morgan fingerprint density at radius 1 is 1.50 bits per heavy atom. The van der Waals surface area contributed by atoms with Gasteiger partial charge in [-0.3, -0.25) is 4.79 Å². The van der Waals surface area contributed by atoms with Gasteiger partial charge < -0.3 is 15.4 Å². The van der Waals surface area contributed by atoms with Gasteiger partial charge in [-0.05, 0) is 12.8 Å². The standard InChI is InChI=1S/C9H14N2O2S/c10-8(14)7-5-11(3-4-13-7)9(12)6-1-2-6/h6-7H,1-5H2,(H2,10,14). The Kier molecular flexibility index (Phi) is 2.69. The lowest BCUT2D eigenvalue weighted by molar-refractivity contribution is -0.137. The van der Waals surface area contributed by atoms with Crippen molar-refractivity contribution in [3.63, 3.8) is 0 Å². The number of thiocarbonyl (C=S) groups is 1. The van der Waals surface area contributed by atoms with E-state index in [0.717, 1.165) is 12.8 Å². The van der Waals surface area contributed by atoms with E-state index >= 15 is 0 Å². The van der Waals surface area contributed by atoms with E-state index in [0.29, 0.717) is 24.7 Å². The molecule has 0 aromatic heterocycles. The highest BCUT2D eigenvalue weighted by Crippen LogP contribution is 2.31. The second-order valence-electron chi connectivity index (χ2n) is 3.82. The first-order valence-electron chi connectivity index (χ1n) is 4.88. The molecule has 5 heteroatoms. The molecular weight excluding hydrogens is 200 g/mol. The van der Waals surface area contributed by atoms with Crippen molar-refractivity contribution in [1.82, 2.24) is 4.90 Å². The number of nitrogens with zero attached hydrogens (tertiary/aromatic N) is 1. The first-order chi connectivity index (χ1) is 6.68. The lowest BCUT2D eigenvalue weighted by atomic mass is 10.2. The molecule has 14 heavy (non-hydrogen) atoms. The minimum atomic E-state index is -0.249. The molecule has 0 bridgehead atoms. The van der Waals surface area contributed by atoms with E-state index in [-0.39, 0.29) is 17.9 Å². The third kappa shape index (κ3) is 2.04. The van der Waals surface area contributed by atoms with Crippen LogP contribution in [-0.2, 0) is 9.53 Å². The normalized spacial score (nSPS) is 27.4. The van der Waals surface area contributed by atoms with Crippen LogP contribution in [0, 0.1) is 5.92 Å². The van der Waals surface area contributed by atoms with Gasteiger partial charge in [0.25, 0.3) is 0 Å². The molecule has 0 aromatic carbocycles. The van der Waals surface area contributed by atoms with E-state index in [4.69, 9.17) is 22.7 Å². The summed E-state index contributed by atoms with van der Waals surface area (Å²) in [5.74, 6) is 0.509. The van der Waals surface area contributed by atoms with Crippen LogP contribution in [0.3, 0.4) is 0 Å². The fourth-order valence-electron chi connectivity index (χ4n) is 1.61. The topological polar surface area (TPSA) is 55.6 Å². The van der Waals surface area contributed by atoms with E-state index < -0.39 is 0 Å². The summed E-state index contributed by atoms with van der Waals surface area (Å²) in [6.45, 7) is 1.75. The molecule has 4 nitrogen and oxygen atoms in total. The number of carbonyl (C=O) groups is 1. The van der Waals surface area contributed by atoms with Crippen LogP contribution in [0.15, 0.2) is 0 Å². The number of amides is 1. The number of hydrogen-bond donors (Lipinski definition) is 1. The molecule has 1 amide bonds. The molecule has 1 aliphatic heterocycles. The molecule has 0 radical (unpaired) electrons.